The number of nitrogens with zero attached hydrogens (tertiary/aromatic N) is 4. The summed E-state index contributed by atoms with van der Waals surface area (Å²) in [6, 6.07) is 12.5. The van der Waals surface area contributed by atoms with Crippen molar-refractivity contribution in [2.45, 2.75) is 18.7 Å². The molecule has 0 saturated carbocycles. The van der Waals surface area contributed by atoms with Gasteiger partial charge in [-0.15, -0.1) is 21.8 Å². The Bertz CT molecular complexity index is 1460. The van der Waals surface area contributed by atoms with Crippen LogP contribution < -0.4 is 10.0 Å². The lowest BCUT2D eigenvalue weighted by molar-refractivity contribution is -0.122. The van der Waals surface area contributed by atoms with Crippen LogP contribution in [-0.2, 0) is 14.8 Å². The first-order chi connectivity index (χ1) is 16.7. The first-order valence-corrected chi connectivity index (χ1v) is 12.4. The normalized spacial score (nSPS) is 11.7. The van der Waals surface area contributed by atoms with Gasteiger partial charge in [0, 0.05) is 29.5 Å². The zero-order chi connectivity index (χ0) is 25.1. The van der Waals surface area contributed by atoms with Crippen LogP contribution in [0.2, 0.25) is 0 Å². The predicted molar refractivity (Wildman–Crippen MR) is 131 cm³/mol. The number of hydrogen-bond acceptors (Lipinski definition) is 8. The molecule has 0 fully saturated rings. The second kappa shape index (κ2) is 9.80. The van der Waals surface area contributed by atoms with Gasteiger partial charge in [0.1, 0.15) is 5.69 Å². The van der Waals surface area contributed by atoms with E-state index < -0.39 is 15.4 Å². The summed E-state index contributed by atoms with van der Waals surface area (Å²) in [4.78, 5) is 20.4. The van der Waals surface area contributed by atoms with Crippen LogP contribution in [0.1, 0.15) is 13.8 Å². The Hall–Kier alpha value is -3.83. The zero-order valence-electron chi connectivity index (χ0n) is 18.8. The van der Waals surface area contributed by atoms with Crippen LogP contribution >= 0.6 is 11.6 Å². The van der Waals surface area contributed by atoms with Crippen LogP contribution in [0.25, 0.3) is 23.0 Å². The zero-order valence-corrected chi connectivity index (χ0v) is 20.3. The standard InChI is InChI=1S/C23H21ClN6O4S/c1-23(2,14-24)22(31)27-16-6-4-7-17(12-16)30-35(32,33)18-8-3-5-15(11-18)20-28-29-21(34-20)19-13-25-9-10-26-19/h3-13,30H,14H2,1-2H3,(H,27,31). The van der Waals surface area contributed by atoms with Gasteiger partial charge in [0.15, 0.2) is 0 Å². The van der Waals surface area contributed by atoms with Crippen molar-refractivity contribution >= 4 is 38.9 Å². The monoisotopic (exact) mass is 512 g/mol. The molecule has 0 radical (unpaired) electrons. The lowest BCUT2D eigenvalue weighted by Gasteiger charge is -2.20. The molecule has 2 N–H and O–H groups in total. The van der Waals surface area contributed by atoms with Gasteiger partial charge in [-0.2, -0.15) is 0 Å². The van der Waals surface area contributed by atoms with Gasteiger partial charge in [-0.25, -0.2) is 13.4 Å². The van der Waals surface area contributed by atoms with Crippen molar-refractivity contribution in [1.82, 2.24) is 20.2 Å². The number of carbonyl (C=O) groups is 1. The smallest absolute Gasteiger partial charge is 0.268 e. The minimum atomic E-state index is -3.96. The molecule has 180 valence electrons. The van der Waals surface area contributed by atoms with Crippen LogP contribution in [0.5, 0.6) is 0 Å². The number of alkyl halides is 1. The molecule has 0 aliphatic rings. The van der Waals surface area contributed by atoms with E-state index in [9.17, 15) is 13.2 Å². The molecule has 12 heteroatoms. The molecule has 0 bridgehead atoms. The van der Waals surface area contributed by atoms with Gasteiger partial charge < -0.3 is 9.73 Å². The summed E-state index contributed by atoms with van der Waals surface area (Å²) >= 11 is 5.86. The number of hydrogen-bond donors (Lipinski definition) is 2. The van der Waals surface area contributed by atoms with Crippen LogP contribution in [0.3, 0.4) is 0 Å². The van der Waals surface area contributed by atoms with Crippen molar-refractivity contribution in [2.24, 2.45) is 5.41 Å². The largest absolute Gasteiger partial charge is 0.415 e. The average Bonchev–Trinajstić information content (AvgIpc) is 3.35. The van der Waals surface area contributed by atoms with Crippen LogP contribution in [0, 0.1) is 5.41 Å². The Labute approximate surface area is 206 Å². The highest BCUT2D eigenvalue weighted by molar-refractivity contribution is 7.92. The average molecular weight is 513 g/mol. The van der Waals surface area contributed by atoms with Crippen LogP contribution in [0.15, 0.2) is 76.4 Å². The lowest BCUT2D eigenvalue weighted by atomic mass is 9.95. The summed E-state index contributed by atoms with van der Waals surface area (Å²) < 4.78 is 34.3. The second-order valence-electron chi connectivity index (χ2n) is 8.19. The minimum Gasteiger partial charge on any atom is -0.415 e. The van der Waals surface area contributed by atoms with Gasteiger partial charge in [-0.1, -0.05) is 12.1 Å². The van der Waals surface area contributed by atoms with E-state index in [2.05, 4.69) is 30.2 Å². The molecule has 0 aliphatic heterocycles. The summed E-state index contributed by atoms with van der Waals surface area (Å²) in [5.41, 5.74) is 0.751. The lowest BCUT2D eigenvalue weighted by Crippen LogP contribution is -2.32. The summed E-state index contributed by atoms with van der Waals surface area (Å²) in [6.07, 6.45) is 4.50. The van der Waals surface area contributed by atoms with E-state index in [1.165, 1.54) is 36.8 Å². The molecule has 2 aromatic carbocycles. The molecule has 0 saturated heterocycles. The second-order valence-corrected chi connectivity index (χ2v) is 10.1. The number of carbonyl (C=O) groups excluding carboxylic acids is 1. The van der Waals surface area contributed by atoms with Gasteiger partial charge >= 0.3 is 0 Å². The van der Waals surface area contributed by atoms with Gasteiger partial charge in [0.25, 0.3) is 15.9 Å². The molecule has 1 amide bonds. The molecule has 0 atom stereocenters. The van der Waals surface area contributed by atoms with E-state index in [1.807, 2.05) is 0 Å². The van der Waals surface area contributed by atoms with Crippen molar-refractivity contribution in [3.05, 3.63) is 67.1 Å². The molecule has 0 unspecified atom stereocenters. The minimum absolute atomic E-state index is 0.00744. The number of halogens is 1. The van der Waals surface area contributed by atoms with Gasteiger partial charge in [-0.3, -0.25) is 14.5 Å². The third-order valence-corrected chi connectivity index (χ3v) is 6.97. The SMILES string of the molecule is CC(C)(CCl)C(=O)Nc1cccc(NS(=O)(=O)c2cccc(-c3nnc(-c4cnccn4)o3)c2)c1. The van der Waals surface area contributed by atoms with Gasteiger partial charge in [-0.05, 0) is 50.2 Å². The van der Waals surface area contributed by atoms with Crippen molar-refractivity contribution in [3.8, 4) is 23.0 Å². The molecule has 4 rings (SSSR count). The first-order valence-electron chi connectivity index (χ1n) is 10.4. The fraction of sp³-hybridized carbons (Fsp3) is 0.174. The maximum Gasteiger partial charge on any atom is 0.268 e. The molecular formula is C23H21ClN6O4S. The van der Waals surface area contributed by atoms with Crippen molar-refractivity contribution < 1.29 is 17.6 Å². The van der Waals surface area contributed by atoms with Crippen LogP contribution in [0.4, 0.5) is 11.4 Å². The number of anilines is 2. The molecular weight excluding hydrogens is 492 g/mol. The third kappa shape index (κ3) is 5.64. The third-order valence-electron chi connectivity index (χ3n) is 4.92. The van der Waals surface area contributed by atoms with Crippen molar-refractivity contribution in [1.29, 1.82) is 0 Å². The highest BCUT2D eigenvalue weighted by Gasteiger charge is 2.26. The van der Waals surface area contributed by atoms with Gasteiger partial charge in [0.05, 0.1) is 22.2 Å². The number of aromatic nitrogens is 4. The molecule has 35 heavy (non-hydrogen) atoms. The van der Waals surface area contributed by atoms with Crippen molar-refractivity contribution in [2.75, 3.05) is 15.9 Å². The number of sulfonamides is 1. The van der Waals surface area contributed by atoms with E-state index in [0.717, 1.165) is 0 Å². The fourth-order valence-electron chi connectivity index (χ4n) is 2.88. The van der Waals surface area contributed by atoms with E-state index in [-0.39, 0.29) is 34.2 Å². The molecule has 4 aromatic rings. The summed E-state index contributed by atoms with van der Waals surface area (Å²) in [5, 5.41) is 10.7. The number of nitrogens with one attached hydrogen (secondary N) is 2. The Morgan fingerprint density at radius 1 is 1.03 bits per heavy atom. The number of benzene rings is 2. The van der Waals surface area contributed by atoms with E-state index >= 15 is 0 Å². The fourth-order valence-corrected chi connectivity index (χ4v) is 4.10. The quantitative estimate of drug-likeness (QED) is 0.335. The van der Waals surface area contributed by atoms with Gasteiger partial charge in [0.2, 0.25) is 11.8 Å². The van der Waals surface area contributed by atoms with E-state index in [0.29, 0.717) is 16.9 Å². The molecule has 2 aromatic heterocycles. The Balaban J connectivity index is 1.54. The predicted octanol–water partition coefficient (Wildman–Crippen LogP) is 4.20. The summed E-state index contributed by atoms with van der Waals surface area (Å²) in [5.74, 6) is 0.160. The Kier molecular flexibility index (Phi) is 6.81. The number of rotatable bonds is 8. The Morgan fingerprint density at radius 2 is 1.77 bits per heavy atom. The Morgan fingerprint density at radius 3 is 2.51 bits per heavy atom. The van der Waals surface area contributed by atoms with Crippen molar-refractivity contribution in [3.63, 3.8) is 0 Å². The van der Waals surface area contributed by atoms with E-state index in [1.54, 1.807) is 44.2 Å². The highest BCUT2D eigenvalue weighted by atomic mass is 35.5. The maximum absolute atomic E-state index is 13.1. The molecule has 10 nitrogen and oxygen atoms in total. The highest BCUT2D eigenvalue weighted by Crippen LogP contribution is 2.27. The summed E-state index contributed by atoms with van der Waals surface area (Å²) in [7, 11) is -3.96. The maximum atomic E-state index is 13.1. The van der Waals surface area contributed by atoms with E-state index in [4.69, 9.17) is 16.0 Å². The molecule has 0 aliphatic carbocycles. The first kappa shape index (κ1) is 24.3. The molecule has 0 spiro atoms. The number of amides is 1. The molecule has 2 heterocycles. The topological polar surface area (TPSA) is 140 Å². The summed E-state index contributed by atoms with van der Waals surface area (Å²) in [6.45, 7) is 3.43. The van der Waals surface area contributed by atoms with Crippen LogP contribution in [-0.4, -0.2) is 40.4 Å².